The fourth-order valence-corrected chi connectivity index (χ4v) is 2.75. The number of aromatic nitrogens is 1. The molecule has 0 radical (unpaired) electrons. The van der Waals surface area contributed by atoms with Crippen LogP contribution in [0.5, 0.6) is 0 Å². The normalized spacial score (nSPS) is 12.0. The number of H-pyrrole nitrogens is 1. The Labute approximate surface area is 152 Å². The lowest BCUT2D eigenvalue weighted by Crippen LogP contribution is -2.34. The van der Waals surface area contributed by atoms with E-state index in [1.807, 2.05) is 0 Å². The van der Waals surface area contributed by atoms with E-state index >= 15 is 0 Å². The lowest BCUT2D eigenvalue weighted by atomic mass is 10.0. The molecule has 0 aliphatic rings. The highest BCUT2D eigenvalue weighted by molar-refractivity contribution is 5.90. The van der Waals surface area contributed by atoms with Crippen molar-refractivity contribution in [2.45, 2.75) is 13.0 Å². The summed E-state index contributed by atoms with van der Waals surface area (Å²) in [5.74, 6) is -2.64. The van der Waals surface area contributed by atoms with E-state index in [2.05, 4.69) is 10.3 Å². The number of aromatic amines is 1. The first-order chi connectivity index (χ1) is 12.8. The van der Waals surface area contributed by atoms with E-state index in [9.17, 15) is 22.8 Å². The van der Waals surface area contributed by atoms with Crippen molar-refractivity contribution in [3.05, 3.63) is 76.0 Å². The summed E-state index contributed by atoms with van der Waals surface area (Å²) < 4.78 is 40.1. The quantitative estimate of drug-likeness (QED) is 0.722. The fourth-order valence-electron chi connectivity index (χ4n) is 2.75. The minimum Gasteiger partial charge on any atom is -0.328 e. The molecule has 3 aromatic rings. The summed E-state index contributed by atoms with van der Waals surface area (Å²) in [5.41, 5.74) is 0.290. The number of halogens is 3. The van der Waals surface area contributed by atoms with Crippen molar-refractivity contribution in [2.24, 2.45) is 0 Å². The summed E-state index contributed by atoms with van der Waals surface area (Å²) >= 11 is 0. The Morgan fingerprint density at radius 3 is 2.30 bits per heavy atom. The Kier molecular flexibility index (Phi) is 4.89. The summed E-state index contributed by atoms with van der Waals surface area (Å²) in [5, 5.41) is 2.82. The zero-order chi connectivity index (χ0) is 19.7. The molecule has 0 saturated heterocycles. The van der Waals surface area contributed by atoms with Gasteiger partial charge in [-0.25, -0.2) is 18.0 Å². The van der Waals surface area contributed by atoms with Gasteiger partial charge in [0.2, 0.25) is 0 Å². The molecule has 5 nitrogen and oxygen atoms in total. The number of fused-ring (bicyclic) bond motifs is 1. The molecule has 1 aromatic heterocycles. The van der Waals surface area contributed by atoms with E-state index in [-0.39, 0.29) is 10.8 Å². The molecule has 0 spiro atoms. The van der Waals surface area contributed by atoms with Crippen molar-refractivity contribution >= 4 is 22.5 Å². The molecule has 0 saturated carbocycles. The van der Waals surface area contributed by atoms with Crippen LogP contribution in [0.3, 0.4) is 0 Å². The first-order valence-corrected chi connectivity index (χ1v) is 8.07. The van der Waals surface area contributed by atoms with Gasteiger partial charge >= 0.3 is 6.03 Å². The van der Waals surface area contributed by atoms with Gasteiger partial charge < -0.3 is 15.2 Å². The maximum Gasteiger partial charge on any atom is 0.322 e. The lowest BCUT2D eigenvalue weighted by molar-refractivity contribution is 0.208. The molecular formula is C19H16F3N3O2. The molecule has 0 unspecified atom stereocenters. The minimum absolute atomic E-state index is 0.00871. The number of carbonyl (C=O) groups is 1. The van der Waals surface area contributed by atoms with Gasteiger partial charge in [0.1, 0.15) is 5.82 Å². The van der Waals surface area contributed by atoms with Crippen molar-refractivity contribution in [3.63, 3.8) is 0 Å². The first-order valence-electron chi connectivity index (χ1n) is 8.07. The van der Waals surface area contributed by atoms with Crippen LogP contribution >= 0.6 is 0 Å². The average molecular weight is 375 g/mol. The molecule has 1 atom stereocenters. The van der Waals surface area contributed by atoms with E-state index in [1.54, 1.807) is 6.92 Å². The largest absolute Gasteiger partial charge is 0.328 e. The van der Waals surface area contributed by atoms with Crippen LogP contribution in [-0.4, -0.2) is 23.0 Å². The molecular weight excluding hydrogens is 359 g/mol. The second-order valence-corrected chi connectivity index (χ2v) is 6.11. The van der Waals surface area contributed by atoms with Gasteiger partial charge in [-0.15, -0.1) is 0 Å². The van der Waals surface area contributed by atoms with E-state index in [1.165, 1.54) is 42.4 Å². The summed E-state index contributed by atoms with van der Waals surface area (Å²) in [6.07, 6.45) is 1.37. The number of urea groups is 1. The third-order valence-corrected chi connectivity index (χ3v) is 4.42. The van der Waals surface area contributed by atoms with Gasteiger partial charge in [-0.2, -0.15) is 0 Å². The second-order valence-electron chi connectivity index (χ2n) is 6.11. The number of pyridine rings is 1. The van der Waals surface area contributed by atoms with Crippen molar-refractivity contribution in [3.8, 4) is 0 Å². The Balaban J connectivity index is 1.92. The molecule has 1 heterocycles. The average Bonchev–Trinajstić information content (AvgIpc) is 2.64. The molecule has 0 bridgehead atoms. The van der Waals surface area contributed by atoms with E-state index in [0.29, 0.717) is 11.3 Å². The van der Waals surface area contributed by atoms with Crippen molar-refractivity contribution in [1.82, 2.24) is 9.88 Å². The molecule has 2 N–H and O–H groups in total. The van der Waals surface area contributed by atoms with Crippen molar-refractivity contribution in [2.75, 3.05) is 12.4 Å². The van der Waals surface area contributed by atoms with Gasteiger partial charge in [0.25, 0.3) is 5.56 Å². The first kappa shape index (κ1) is 18.5. The highest BCUT2D eigenvalue weighted by Gasteiger charge is 2.21. The fraction of sp³-hybridized carbons (Fsp3) is 0.158. The predicted molar refractivity (Wildman–Crippen MR) is 96.1 cm³/mol. The zero-order valence-electron chi connectivity index (χ0n) is 14.5. The third kappa shape index (κ3) is 3.64. The van der Waals surface area contributed by atoms with Crippen LogP contribution in [0.2, 0.25) is 0 Å². The molecule has 140 valence electrons. The number of benzene rings is 2. The molecule has 0 aliphatic heterocycles. The Bertz CT molecular complexity index is 1060. The van der Waals surface area contributed by atoms with Gasteiger partial charge in [-0.3, -0.25) is 4.79 Å². The Morgan fingerprint density at radius 2 is 1.67 bits per heavy atom. The molecule has 3 rings (SSSR count). The molecule has 8 heteroatoms. The number of rotatable bonds is 3. The number of anilines is 1. The van der Waals surface area contributed by atoms with Crippen LogP contribution in [0, 0.1) is 17.5 Å². The highest BCUT2D eigenvalue weighted by Crippen LogP contribution is 2.27. The zero-order valence-corrected chi connectivity index (χ0v) is 14.5. The summed E-state index contributed by atoms with van der Waals surface area (Å²) in [4.78, 5) is 28.2. The van der Waals surface area contributed by atoms with Crippen LogP contribution in [0.25, 0.3) is 10.8 Å². The summed E-state index contributed by atoms with van der Waals surface area (Å²) in [6, 6.07) is 5.97. The van der Waals surface area contributed by atoms with Crippen LogP contribution < -0.4 is 10.9 Å². The molecule has 0 fully saturated rings. The number of hydrogen-bond donors (Lipinski definition) is 2. The van der Waals surface area contributed by atoms with Gasteiger partial charge in [0.15, 0.2) is 11.6 Å². The number of carbonyl (C=O) groups excluding carboxylic acids is 1. The maximum absolute atomic E-state index is 13.7. The maximum atomic E-state index is 13.7. The predicted octanol–water partition coefficient (Wildman–Crippen LogP) is 4.17. The lowest BCUT2D eigenvalue weighted by Gasteiger charge is -2.26. The van der Waals surface area contributed by atoms with Crippen LogP contribution in [0.15, 0.2) is 47.4 Å². The monoisotopic (exact) mass is 375 g/mol. The van der Waals surface area contributed by atoms with Crippen LogP contribution in [-0.2, 0) is 0 Å². The molecule has 2 amide bonds. The van der Waals surface area contributed by atoms with Gasteiger partial charge in [0.05, 0.1) is 11.4 Å². The number of amides is 2. The summed E-state index contributed by atoms with van der Waals surface area (Å²) in [6.45, 7) is 1.68. The van der Waals surface area contributed by atoms with Gasteiger partial charge in [-0.1, -0.05) is 0 Å². The second kappa shape index (κ2) is 7.14. The number of hydrogen-bond acceptors (Lipinski definition) is 2. The molecule has 2 aromatic carbocycles. The van der Waals surface area contributed by atoms with Crippen molar-refractivity contribution in [1.29, 1.82) is 0 Å². The Morgan fingerprint density at radius 1 is 1.07 bits per heavy atom. The van der Waals surface area contributed by atoms with Crippen LogP contribution in [0.1, 0.15) is 18.5 Å². The SMILES string of the molecule is C[C@@H](c1c[nH]c(=O)c2cc(F)c(F)cc12)N(C)C(=O)Nc1ccc(F)cc1. The van der Waals surface area contributed by atoms with Crippen molar-refractivity contribution < 1.29 is 18.0 Å². The molecule has 0 aliphatic carbocycles. The van der Waals surface area contributed by atoms with Crippen LogP contribution in [0.4, 0.5) is 23.7 Å². The number of nitrogens with one attached hydrogen (secondary N) is 2. The number of nitrogens with zero attached hydrogens (tertiary/aromatic N) is 1. The Hall–Kier alpha value is -3.29. The van der Waals surface area contributed by atoms with Gasteiger partial charge in [-0.05, 0) is 54.3 Å². The standard InChI is InChI=1S/C19H16F3N3O2/c1-10(25(2)19(27)24-12-5-3-11(20)4-6-12)15-9-23-18(26)14-8-17(22)16(21)7-13(14)15/h3-10H,1-2H3,(H,23,26)(H,24,27)/t10-/m0/s1. The topological polar surface area (TPSA) is 65.2 Å². The summed E-state index contributed by atoms with van der Waals surface area (Å²) in [7, 11) is 1.51. The minimum atomic E-state index is -1.12. The van der Waals surface area contributed by atoms with E-state index in [4.69, 9.17) is 0 Å². The smallest absolute Gasteiger partial charge is 0.322 e. The third-order valence-electron chi connectivity index (χ3n) is 4.42. The molecule has 27 heavy (non-hydrogen) atoms. The van der Waals surface area contributed by atoms with E-state index in [0.717, 1.165) is 12.1 Å². The van der Waals surface area contributed by atoms with E-state index < -0.39 is 35.1 Å². The highest BCUT2D eigenvalue weighted by atomic mass is 19.2. The van der Waals surface area contributed by atoms with Gasteiger partial charge in [0, 0.05) is 18.9 Å².